The van der Waals surface area contributed by atoms with Gasteiger partial charge >= 0.3 is 0 Å². The van der Waals surface area contributed by atoms with Crippen LogP contribution in [0.25, 0.3) is 0 Å². The Kier molecular flexibility index (Phi) is 7.86. The third kappa shape index (κ3) is 5.21. The first-order valence-corrected chi connectivity index (χ1v) is 8.88. The smallest absolute Gasteiger partial charge is 0.0608 e. The van der Waals surface area contributed by atoms with E-state index in [1.807, 2.05) is 0 Å². The van der Waals surface area contributed by atoms with E-state index >= 15 is 0 Å². The van der Waals surface area contributed by atoms with Gasteiger partial charge < -0.3 is 4.74 Å². The molecule has 108 valence electrons. The Morgan fingerprint density at radius 3 is 2.56 bits per heavy atom. The fourth-order valence-electron chi connectivity index (χ4n) is 3.18. The fourth-order valence-corrected chi connectivity index (χ4v) is 3.69. The Morgan fingerprint density at radius 1 is 1.28 bits per heavy atom. The van der Waals surface area contributed by atoms with Crippen LogP contribution in [0.15, 0.2) is 0 Å². The molecule has 0 amide bonds. The zero-order chi connectivity index (χ0) is 13.5. The van der Waals surface area contributed by atoms with E-state index in [-0.39, 0.29) is 0 Å². The second-order valence-corrected chi connectivity index (χ2v) is 7.15. The van der Waals surface area contributed by atoms with Gasteiger partial charge in [0.25, 0.3) is 0 Å². The lowest BCUT2D eigenvalue weighted by atomic mass is 9.75. The number of alkyl halides is 1. The van der Waals surface area contributed by atoms with Crippen LogP contribution in [0.3, 0.4) is 0 Å². The van der Waals surface area contributed by atoms with E-state index < -0.39 is 0 Å². The summed E-state index contributed by atoms with van der Waals surface area (Å²) in [6.07, 6.45) is 7.06. The highest BCUT2D eigenvalue weighted by Gasteiger charge is 2.31. The van der Waals surface area contributed by atoms with E-state index in [2.05, 4.69) is 43.6 Å². The van der Waals surface area contributed by atoms with Crippen LogP contribution in [0.5, 0.6) is 0 Å². The summed E-state index contributed by atoms with van der Waals surface area (Å²) in [6, 6.07) is 0. The standard InChI is InChI=1S/C16H31BrO/c1-5-6-14(10-17)11-18-16-9-13(4)7-8-15(16)12(2)3/h12-16H,5-11H2,1-4H3. The molecule has 1 nitrogen and oxygen atoms in total. The molecule has 0 bridgehead atoms. The number of halogens is 1. The molecular formula is C16H31BrO. The van der Waals surface area contributed by atoms with E-state index in [4.69, 9.17) is 4.74 Å². The molecule has 0 heterocycles. The summed E-state index contributed by atoms with van der Waals surface area (Å²) < 4.78 is 6.30. The quantitative estimate of drug-likeness (QED) is 0.580. The molecule has 1 fully saturated rings. The minimum absolute atomic E-state index is 0.507. The second kappa shape index (κ2) is 8.58. The monoisotopic (exact) mass is 318 g/mol. The predicted octanol–water partition coefficient (Wildman–Crippen LogP) is 5.28. The molecule has 0 radical (unpaired) electrons. The van der Waals surface area contributed by atoms with Gasteiger partial charge in [-0.2, -0.15) is 0 Å². The molecule has 2 heteroatoms. The topological polar surface area (TPSA) is 9.23 Å². The van der Waals surface area contributed by atoms with E-state index in [0.717, 1.165) is 29.7 Å². The summed E-state index contributed by atoms with van der Waals surface area (Å²) in [5.74, 6) is 3.08. The summed E-state index contributed by atoms with van der Waals surface area (Å²) in [5, 5.41) is 1.08. The largest absolute Gasteiger partial charge is 0.378 e. The lowest BCUT2D eigenvalue weighted by molar-refractivity contribution is -0.0496. The molecule has 1 aliphatic carbocycles. The van der Waals surface area contributed by atoms with Crippen molar-refractivity contribution in [2.75, 3.05) is 11.9 Å². The van der Waals surface area contributed by atoms with E-state index in [9.17, 15) is 0 Å². The average molecular weight is 319 g/mol. The summed E-state index contributed by atoms with van der Waals surface area (Å²) >= 11 is 3.62. The third-order valence-corrected chi connectivity index (χ3v) is 5.34. The second-order valence-electron chi connectivity index (χ2n) is 6.51. The van der Waals surface area contributed by atoms with Crippen molar-refractivity contribution in [3.63, 3.8) is 0 Å². The lowest BCUT2D eigenvalue weighted by Gasteiger charge is -2.37. The fraction of sp³-hybridized carbons (Fsp3) is 1.00. The van der Waals surface area contributed by atoms with Crippen molar-refractivity contribution in [3.05, 3.63) is 0 Å². The molecule has 1 saturated carbocycles. The van der Waals surface area contributed by atoms with Crippen LogP contribution in [0, 0.1) is 23.7 Å². The third-order valence-electron chi connectivity index (χ3n) is 4.42. The minimum Gasteiger partial charge on any atom is -0.378 e. The van der Waals surface area contributed by atoms with Crippen LogP contribution in [0.1, 0.15) is 59.8 Å². The van der Waals surface area contributed by atoms with E-state index in [1.54, 1.807) is 0 Å². The molecular weight excluding hydrogens is 288 g/mol. The molecule has 1 aliphatic rings. The first kappa shape index (κ1) is 16.5. The number of hydrogen-bond acceptors (Lipinski definition) is 1. The Hall–Kier alpha value is 0.440. The number of rotatable bonds is 7. The molecule has 0 aromatic rings. The number of ether oxygens (including phenoxy) is 1. The highest BCUT2D eigenvalue weighted by atomic mass is 79.9. The van der Waals surface area contributed by atoms with Crippen molar-refractivity contribution < 1.29 is 4.74 Å². The van der Waals surface area contributed by atoms with Crippen LogP contribution in [0.2, 0.25) is 0 Å². The van der Waals surface area contributed by atoms with Crippen molar-refractivity contribution in [2.45, 2.75) is 65.9 Å². The molecule has 0 N–H and O–H groups in total. The zero-order valence-corrected chi connectivity index (χ0v) is 14.2. The molecule has 0 saturated heterocycles. The van der Waals surface area contributed by atoms with Gasteiger partial charge in [-0.25, -0.2) is 0 Å². The Morgan fingerprint density at radius 2 is 2.00 bits per heavy atom. The Bertz CT molecular complexity index is 217. The summed E-state index contributed by atoms with van der Waals surface area (Å²) in [5.41, 5.74) is 0. The molecule has 0 aromatic heterocycles. The molecule has 4 unspecified atom stereocenters. The molecule has 1 rings (SSSR count). The van der Waals surface area contributed by atoms with Crippen LogP contribution in [-0.4, -0.2) is 18.0 Å². The normalized spacial score (nSPS) is 30.7. The van der Waals surface area contributed by atoms with Gasteiger partial charge in [0.15, 0.2) is 0 Å². The lowest BCUT2D eigenvalue weighted by Crippen LogP contribution is -2.35. The van der Waals surface area contributed by atoms with Crippen molar-refractivity contribution in [1.82, 2.24) is 0 Å². The predicted molar refractivity (Wildman–Crippen MR) is 83.3 cm³/mol. The van der Waals surface area contributed by atoms with Gasteiger partial charge in [-0.15, -0.1) is 0 Å². The van der Waals surface area contributed by atoms with Crippen molar-refractivity contribution in [1.29, 1.82) is 0 Å². The van der Waals surface area contributed by atoms with Gasteiger partial charge in [-0.3, -0.25) is 0 Å². The average Bonchev–Trinajstić information content (AvgIpc) is 2.34. The van der Waals surface area contributed by atoms with Gasteiger partial charge in [0.05, 0.1) is 12.7 Å². The maximum Gasteiger partial charge on any atom is 0.0608 e. The minimum atomic E-state index is 0.507. The Labute approximate surface area is 122 Å². The summed E-state index contributed by atoms with van der Waals surface area (Å²) in [7, 11) is 0. The maximum absolute atomic E-state index is 6.30. The summed E-state index contributed by atoms with van der Waals surface area (Å²) in [4.78, 5) is 0. The molecule has 18 heavy (non-hydrogen) atoms. The highest BCUT2D eigenvalue weighted by molar-refractivity contribution is 9.09. The van der Waals surface area contributed by atoms with E-state index in [1.165, 1.54) is 32.1 Å². The first-order valence-electron chi connectivity index (χ1n) is 7.76. The van der Waals surface area contributed by atoms with Crippen LogP contribution >= 0.6 is 15.9 Å². The summed E-state index contributed by atoms with van der Waals surface area (Å²) in [6.45, 7) is 10.3. The van der Waals surface area contributed by atoms with Crippen LogP contribution in [0.4, 0.5) is 0 Å². The van der Waals surface area contributed by atoms with Gasteiger partial charge in [0, 0.05) is 5.33 Å². The number of hydrogen-bond donors (Lipinski definition) is 0. The van der Waals surface area contributed by atoms with Gasteiger partial charge in [-0.1, -0.05) is 56.5 Å². The Balaban J connectivity index is 2.45. The SMILES string of the molecule is CCCC(CBr)COC1CC(C)CCC1C(C)C. The van der Waals surface area contributed by atoms with Crippen LogP contribution in [-0.2, 0) is 4.74 Å². The molecule has 4 atom stereocenters. The molecule has 0 spiro atoms. The maximum atomic E-state index is 6.30. The van der Waals surface area contributed by atoms with Gasteiger partial charge in [-0.05, 0) is 42.9 Å². The van der Waals surface area contributed by atoms with Gasteiger partial charge in [0.2, 0.25) is 0 Å². The first-order chi connectivity index (χ1) is 8.58. The van der Waals surface area contributed by atoms with E-state index in [0.29, 0.717) is 12.0 Å². The van der Waals surface area contributed by atoms with Crippen molar-refractivity contribution in [3.8, 4) is 0 Å². The molecule has 0 aliphatic heterocycles. The van der Waals surface area contributed by atoms with Crippen molar-refractivity contribution in [2.24, 2.45) is 23.7 Å². The highest BCUT2D eigenvalue weighted by Crippen LogP contribution is 2.35. The van der Waals surface area contributed by atoms with Gasteiger partial charge in [0.1, 0.15) is 0 Å². The van der Waals surface area contributed by atoms with Crippen molar-refractivity contribution >= 4 is 15.9 Å². The molecule has 0 aromatic carbocycles. The zero-order valence-electron chi connectivity index (χ0n) is 12.6. The van der Waals surface area contributed by atoms with Crippen LogP contribution < -0.4 is 0 Å².